The standard InChI is InChI=1S/C30H29N2O2P/c1-23(2)28(31-30(33)25-17-9-4-10-18-25)29(24-15-7-3-8-16-24)32-35(34,26-19-11-5-12-20-26)27-21-13-6-14-22-27/h3-23,28H,1-2H3,(H,31,33)/b32-29+/t28-/m0/s1. The van der Waals surface area contributed by atoms with E-state index in [1.54, 1.807) is 12.1 Å². The minimum absolute atomic E-state index is 0.00150. The maximum atomic E-state index is 14.8. The molecular weight excluding hydrogens is 451 g/mol. The molecule has 176 valence electrons. The van der Waals surface area contributed by atoms with Crippen LogP contribution in [0.5, 0.6) is 0 Å². The van der Waals surface area contributed by atoms with E-state index in [2.05, 4.69) is 5.32 Å². The number of carbonyl (C=O) groups is 1. The third-order valence-electron chi connectivity index (χ3n) is 5.81. The number of amides is 1. The molecule has 0 bridgehead atoms. The summed E-state index contributed by atoms with van der Waals surface area (Å²) >= 11 is 0. The Balaban J connectivity index is 1.89. The molecule has 0 aliphatic rings. The second-order valence-corrected chi connectivity index (χ2v) is 11.0. The monoisotopic (exact) mass is 480 g/mol. The Morgan fingerprint density at radius 3 is 1.49 bits per heavy atom. The van der Waals surface area contributed by atoms with Gasteiger partial charge >= 0.3 is 0 Å². The van der Waals surface area contributed by atoms with Crippen molar-refractivity contribution in [3.63, 3.8) is 0 Å². The van der Waals surface area contributed by atoms with Gasteiger partial charge in [-0.3, -0.25) is 9.36 Å². The van der Waals surface area contributed by atoms with Crippen LogP contribution in [0.2, 0.25) is 0 Å². The van der Waals surface area contributed by atoms with Gasteiger partial charge in [0.1, 0.15) is 0 Å². The Hall–Kier alpha value is -3.75. The van der Waals surface area contributed by atoms with E-state index in [1.807, 2.05) is 123 Å². The molecule has 0 fully saturated rings. The summed E-state index contributed by atoms with van der Waals surface area (Å²) in [5.74, 6) is -0.191. The topological polar surface area (TPSA) is 58.5 Å². The van der Waals surface area contributed by atoms with E-state index in [-0.39, 0.29) is 11.8 Å². The highest BCUT2D eigenvalue weighted by Gasteiger charge is 2.31. The molecule has 4 nitrogen and oxygen atoms in total. The van der Waals surface area contributed by atoms with Gasteiger partial charge < -0.3 is 5.32 Å². The second kappa shape index (κ2) is 11.1. The average Bonchev–Trinajstić information content (AvgIpc) is 2.92. The molecule has 4 aromatic carbocycles. The van der Waals surface area contributed by atoms with Crippen molar-refractivity contribution >= 4 is 29.5 Å². The number of nitrogens with zero attached hydrogens (tertiary/aromatic N) is 1. The van der Waals surface area contributed by atoms with Gasteiger partial charge in [0.2, 0.25) is 7.29 Å². The fourth-order valence-corrected chi connectivity index (χ4v) is 6.17. The van der Waals surface area contributed by atoms with Gasteiger partial charge in [0.25, 0.3) is 5.91 Å². The van der Waals surface area contributed by atoms with Crippen molar-refractivity contribution in [2.24, 2.45) is 10.7 Å². The minimum atomic E-state index is -3.42. The minimum Gasteiger partial charge on any atom is -0.343 e. The lowest BCUT2D eigenvalue weighted by Gasteiger charge is -2.27. The smallest absolute Gasteiger partial charge is 0.251 e. The predicted octanol–water partition coefficient (Wildman–Crippen LogP) is 5.86. The first-order valence-corrected chi connectivity index (χ1v) is 13.4. The number of rotatable bonds is 8. The maximum absolute atomic E-state index is 14.8. The molecule has 4 aromatic rings. The zero-order chi connectivity index (χ0) is 24.7. The Kier molecular flexibility index (Phi) is 7.74. The second-order valence-electron chi connectivity index (χ2n) is 8.66. The summed E-state index contributed by atoms with van der Waals surface area (Å²) in [6.45, 7) is 4.06. The summed E-state index contributed by atoms with van der Waals surface area (Å²) in [6, 6.07) is 37.1. The average molecular weight is 481 g/mol. The summed E-state index contributed by atoms with van der Waals surface area (Å²) in [7, 11) is -3.42. The molecule has 4 rings (SSSR count). The van der Waals surface area contributed by atoms with E-state index >= 15 is 0 Å². The number of benzene rings is 4. The van der Waals surface area contributed by atoms with Crippen LogP contribution in [0, 0.1) is 5.92 Å². The van der Waals surface area contributed by atoms with Crippen LogP contribution in [0.1, 0.15) is 29.8 Å². The molecule has 0 aromatic heterocycles. The predicted molar refractivity (Wildman–Crippen MR) is 145 cm³/mol. The lowest BCUT2D eigenvalue weighted by atomic mass is 9.94. The van der Waals surface area contributed by atoms with Crippen molar-refractivity contribution < 1.29 is 9.36 Å². The summed E-state index contributed by atoms with van der Waals surface area (Å²) < 4.78 is 19.8. The zero-order valence-corrected chi connectivity index (χ0v) is 20.8. The van der Waals surface area contributed by atoms with Gasteiger partial charge in [0.05, 0.1) is 11.8 Å². The van der Waals surface area contributed by atoms with Gasteiger partial charge in [-0.2, -0.15) is 0 Å². The van der Waals surface area contributed by atoms with Crippen LogP contribution in [-0.4, -0.2) is 17.7 Å². The molecule has 5 heteroatoms. The third kappa shape index (κ3) is 5.67. The van der Waals surface area contributed by atoms with Crippen LogP contribution >= 0.6 is 7.29 Å². The molecule has 1 amide bonds. The molecular formula is C30H29N2O2P. The van der Waals surface area contributed by atoms with Gasteiger partial charge in [0, 0.05) is 16.2 Å². The highest BCUT2D eigenvalue weighted by atomic mass is 31.2. The molecule has 1 atom stereocenters. The van der Waals surface area contributed by atoms with Crippen LogP contribution in [0.3, 0.4) is 0 Å². The van der Waals surface area contributed by atoms with E-state index in [1.165, 1.54) is 0 Å². The zero-order valence-electron chi connectivity index (χ0n) is 19.9. The van der Waals surface area contributed by atoms with Crippen LogP contribution in [-0.2, 0) is 4.57 Å². The summed E-state index contributed by atoms with van der Waals surface area (Å²) in [5.41, 5.74) is 1.99. The Morgan fingerprint density at radius 1 is 0.657 bits per heavy atom. The first kappa shape index (κ1) is 24.4. The largest absolute Gasteiger partial charge is 0.343 e. The van der Waals surface area contributed by atoms with Gasteiger partial charge in [-0.05, 0) is 47.9 Å². The normalized spacial score (nSPS) is 12.8. The summed E-state index contributed by atoms with van der Waals surface area (Å²) in [4.78, 5) is 13.2. The van der Waals surface area contributed by atoms with E-state index in [0.29, 0.717) is 21.9 Å². The van der Waals surface area contributed by atoms with Crippen molar-refractivity contribution in [1.82, 2.24) is 5.32 Å². The SMILES string of the molecule is CC(C)[C@H](NC(=O)c1ccccc1)/C(=N/P(=O)(c1ccccc1)c1ccccc1)c1ccccc1. The first-order chi connectivity index (χ1) is 17.0. The quantitative estimate of drug-likeness (QED) is 0.254. The summed E-state index contributed by atoms with van der Waals surface area (Å²) in [5, 5.41) is 4.47. The molecule has 0 aliphatic carbocycles. The lowest BCUT2D eigenvalue weighted by molar-refractivity contribution is 0.0939. The van der Waals surface area contributed by atoms with E-state index in [0.717, 1.165) is 5.56 Å². The summed E-state index contributed by atoms with van der Waals surface area (Å²) in [6.07, 6.45) is 0. The van der Waals surface area contributed by atoms with Crippen LogP contribution < -0.4 is 15.9 Å². The Labute approximate surface area is 207 Å². The fraction of sp³-hybridized carbons (Fsp3) is 0.133. The van der Waals surface area contributed by atoms with E-state index in [4.69, 9.17) is 4.76 Å². The van der Waals surface area contributed by atoms with Gasteiger partial charge in [-0.25, -0.2) is 4.76 Å². The number of carbonyl (C=O) groups excluding carboxylic acids is 1. The molecule has 0 aliphatic heterocycles. The maximum Gasteiger partial charge on any atom is 0.251 e. The molecule has 0 saturated carbocycles. The van der Waals surface area contributed by atoms with Crippen molar-refractivity contribution in [2.75, 3.05) is 0 Å². The van der Waals surface area contributed by atoms with Gasteiger partial charge in [-0.15, -0.1) is 0 Å². The lowest BCUT2D eigenvalue weighted by Crippen LogP contribution is -2.45. The van der Waals surface area contributed by atoms with Crippen LogP contribution in [0.15, 0.2) is 126 Å². The Morgan fingerprint density at radius 2 is 1.06 bits per heavy atom. The van der Waals surface area contributed by atoms with Crippen molar-refractivity contribution in [1.29, 1.82) is 0 Å². The van der Waals surface area contributed by atoms with Gasteiger partial charge in [0.15, 0.2) is 0 Å². The van der Waals surface area contributed by atoms with Crippen molar-refractivity contribution in [3.05, 3.63) is 132 Å². The molecule has 0 radical (unpaired) electrons. The highest BCUT2D eigenvalue weighted by molar-refractivity contribution is 7.77. The molecule has 0 heterocycles. The van der Waals surface area contributed by atoms with E-state index < -0.39 is 13.3 Å². The third-order valence-corrected chi connectivity index (χ3v) is 8.31. The highest BCUT2D eigenvalue weighted by Crippen LogP contribution is 2.46. The van der Waals surface area contributed by atoms with Crippen LogP contribution in [0.4, 0.5) is 0 Å². The number of hydrogen-bond donors (Lipinski definition) is 1. The molecule has 0 spiro atoms. The van der Waals surface area contributed by atoms with Crippen molar-refractivity contribution in [3.8, 4) is 0 Å². The van der Waals surface area contributed by atoms with E-state index in [9.17, 15) is 9.36 Å². The Bertz CT molecular complexity index is 1280. The van der Waals surface area contributed by atoms with Crippen molar-refractivity contribution in [2.45, 2.75) is 19.9 Å². The molecule has 35 heavy (non-hydrogen) atoms. The molecule has 0 unspecified atom stereocenters. The first-order valence-electron chi connectivity index (χ1n) is 11.7. The number of nitrogens with one attached hydrogen (secondary N) is 1. The van der Waals surface area contributed by atoms with Gasteiger partial charge in [-0.1, -0.05) is 98.8 Å². The number of hydrogen-bond acceptors (Lipinski definition) is 2. The fourth-order valence-electron chi connectivity index (χ4n) is 3.95. The molecule has 1 N–H and O–H groups in total. The molecule has 0 saturated heterocycles. The van der Waals surface area contributed by atoms with Crippen LogP contribution in [0.25, 0.3) is 0 Å².